The predicted octanol–water partition coefficient (Wildman–Crippen LogP) is 5.22. The van der Waals surface area contributed by atoms with Crippen LogP contribution >= 0.6 is 11.6 Å². The van der Waals surface area contributed by atoms with Gasteiger partial charge in [0.25, 0.3) is 0 Å². The molecular weight excluding hydrogens is 394 g/mol. The minimum atomic E-state index is -0.541. The van der Waals surface area contributed by atoms with E-state index in [1.165, 1.54) is 27.2 Å². The lowest BCUT2D eigenvalue weighted by molar-refractivity contribution is -0.123. The fraction of sp³-hybridized carbons (Fsp3) is 0.231. The summed E-state index contributed by atoms with van der Waals surface area (Å²) in [6.45, 7) is 4.00. The lowest BCUT2D eigenvalue weighted by Gasteiger charge is -2.52. The van der Waals surface area contributed by atoms with Gasteiger partial charge in [-0.25, -0.2) is 4.90 Å². The van der Waals surface area contributed by atoms with Crippen molar-refractivity contribution < 1.29 is 9.59 Å². The number of anilines is 1. The third-order valence-electron chi connectivity index (χ3n) is 7.52. The second kappa shape index (κ2) is 5.83. The second-order valence-corrected chi connectivity index (χ2v) is 9.16. The highest BCUT2D eigenvalue weighted by atomic mass is 35.5. The molecule has 3 aliphatic carbocycles. The highest BCUT2D eigenvalue weighted by molar-refractivity contribution is 6.32. The van der Waals surface area contributed by atoms with Crippen molar-refractivity contribution in [2.24, 2.45) is 11.8 Å². The normalized spacial score (nSPS) is 28.4. The quantitative estimate of drug-likeness (QED) is 0.513. The minimum Gasteiger partial charge on any atom is -0.274 e. The zero-order valence-corrected chi connectivity index (χ0v) is 17.5. The molecule has 4 heteroatoms. The summed E-state index contributed by atoms with van der Waals surface area (Å²) in [5.41, 5.74) is 5.49. The molecule has 7 rings (SSSR count). The third kappa shape index (κ3) is 1.92. The Morgan fingerprint density at radius 1 is 0.833 bits per heavy atom. The van der Waals surface area contributed by atoms with Crippen LogP contribution in [0.3, 0.4) is 0 Å². The Morgan fingerprint density at radius 2 is 1.43 bits per heavy atom. The fourth-order valence-corrected chi connectivity index (χ4v) is 6.40. The Kier molecular flexibility index (Phi) is 3.48. The van der Waals surface area contributed by atoms with Crippen LogP contribution in [-0.4, -0.2) is 11.8 Å². The number of amides is 2. The third-order valence-corrected chi connectivity index (χ3v) is 7.93. The summed E-state index contributed by atoms with van der Waals surface area (Å²) in [4.78, 5) is 29.1. The number of halogens is 1. The van der Waals surface area contributed by atoms with Crippen LogP contribution in [0.1, 0.15) is 40.7 Å². The van der Waals surface area contributed by atoms with Crippen molar-refractivity contribution in [1.82, 2.24) is 0 Å². The van der Waals surface area contributed by atoms with Crippen LogP contribution in [0.5, 0.6) is 0 Å². The topological polar surface area (TPSA) is 37.4 Å². The molecule has 2 atom stereocenters. The number of nitrogens with zero attached hydrogens (tertiary/aromatic N) is 1. The van der Waals surface area contributed by atoms with Gasteiger partial charge in [-0.05, 0) is 46.9 Å². The molecule has 3 aromatic rings. The number of hydrogen-bond donors (Lipinski definition) is 0. The molecule has 2 bridgehead atoms. The SMILES string of the molecule is Cc1c(Cl)cccc1N1C(=O)[C@@H]2[C@@H](C1=O)C1c3ccccc3C2(C)c2ccccc21. The van der Waals surface area contributed by atoms with Crippen molar-refractivity contribution in [2.75, 3.05) is 4.90 Å². The predicted molar refractivity (Wildman–Crippen MR) is 117 cm³/mol. The molecule has 3 nitrogen and oxygen atoms in total. The van der Waals surface area contributed by atoms with Gasteiger partial charge in [0, 0.05) is 16.4 Å². The van der Waals surface area contributed by atoms with Crippen LogP contribution in [0.25, 0.3) is 0 Å². The minimum absolute atomic E-state index is 0.106. The summed E-state index contributed by atoms with van der Waals surface area (Å²) in [6.07, 6.45) is 0. The zero-order valence-electron chi connectivity index (χ0n) is 16.7. The monoisotopic (exact) mass is 413 g/mol. The molecule has 0 aromatic heterocycles. The molecule has 1 heterocycles. The molecule has 0 spiro atoms. The Labute approximate surface area is 180 Å². The van der Waals surface area contributed by atoms with Gasteiger partial charge in [0.05, 0.1) is 17.5 Å². The van der Waals surface area contributed by atoms with Gasteiger partial charge in [-0.1, -0.05) is 73.1 Å². The van der Waals surface area contributed by atoms with Gasteiger partial charge in [0.15, 0.2) is 0 Å². The Hall–Kier alpha value is -2.91. The highest BCUT2D eigenvalue weighted by Gasteiger charge is 2.66. The van der Waals surface area contributed by atoms with Crippen molar-refractivity contribution in [2.45, 2.75) is 25.2 Å². The van der Waals surface area contributed by atoms with Crippen LogP contribution in [0.15, 0.2) is 66.7 Å². The maximum Gasteiger partial charge on any atom is 0.238 e. The van der Waals surface area contributed by atoms with Gasteiger partial charge >= 0.3 is 0 Å². The van der Waals surface area contributed by atoms with Crippen molar-refractivity contribution in [3.63, 3.8) is 0 Å². The van der Waals surface area contributed by atoms with E-state index >= 15 is 0 Å². The van der Waals surface area contributed by atoms with E-state index in [9.17, 15) is 9.59 Å². The molecule has 3 aromatic carbocycles. The summed E-state index contributed by atoms with van der Waals surface area (Å²) >= 11 is 6.33. The van der Waals surface area contributed by atoms with Crippen LogP contribution < -0.4 is 4.90 Å². The van der Waals surface area contributed by atoms with E-state index in [4.69, 9.17) is 11.6 Å². The molecular formula is C26H20ClNO2. The zero-order chi connectivity index (χ0) is 20.8. The van der Waals surface area contributed by atoms with E-state index in [1.54, 1.807) is 12.1 Å². The number of carbonyl (C=O) groups is 2. The maximum absolute atomic E-state index is 13.9. The van der Waals surface area contributed by atoms with Gasteiger partial charge < -0.3 is 0 Å². The van der Waals surface area contributed by atoms with Gasteiger partial charge in [-0.15, -0.1) is 0 Å². The summed E-state index contributed by atoms with van der Waals surface area (Å²) < 4.78 is 0. The first kappa shape index (κ1) is 17.9. The highest BCUT2D eigenvalue weighted by Crippen LogP contribution is 2.64. The summed E-state index contributed by atoms with van der Waals surface area (Å²) in [7, 11) is 0. The number of carbonyl (C=O) groups excluding carboxylic acids is 2. The largest absolute Gasteiger partial charge is 0.274 e. The van der Waals surface area contributed by atoms with Gasteiger partial charge in [-0.3, -0.25) is 9.59 Å². The Balaban J connectivity index is 1.63. The summed E-state index contributed by atoms with van der Waals surface area (Å²) in [5.74, 6) is -1.16. The molecule has 2 amide bonds. The van der Waals surface area contributed by atoms with Crippen LogP contribution in [0.4, 0.5) is 5.69 Å². The van der Waals surface area contributed by atoms with Crippen molar-refractivity contribution in [3.8, 4) is 0 Å². The molecule has 4 aliphatic rings. The summed E-state index contributed by atoms with van der Waals surface area (Å²) in [5, 5.41) is 0.559. The Morgan fingerprint density at radius 3 is 2.07 bits per heavy atom. The Bertz CT molecular complexity index is 1220. The molecule has 0 saturated carbocycles. The first-order valence-electron chi connectivity index (χ1n) is 10.3. The number of hydrogen-bond acceptors (Lipinski definition) is 2. The lowest BCUT2D eigenvalue weighted by atomic mass is 9.48. The van der Waals surface area contributed by atoms with Gasteiger partial charge in [0.1, 0.15) is 0 Å². The van der Waals surface area contributed by atoms with Crippen LogP contribution in [-0.2, 0) is 15.0 Å². The fourth-order valence-electron chi connectivity index (χ4n) is 6.23. The van der Waals surface area contributed by atoms with Crippen molar-refractivity contribution >= 4 is 29.1 Å². The number of rotatable bonds is 1. The van der Waals surface area contributed by atoms with Crippen LogP contribution in [0, 0.1) is 18.8 Å². The molecule has 148 valence electrons. The smallest absolute Gasteiger partial charge is 0.238 e. The maximum atomic E-state index is 13.9. The molecule has 1 saturated heterocycles. The average molecular weight is 414 g/mol. The van der Waals surface area contributed by atoms with E-state index in [2.05, 4.69) is 31.2 Å². The molecule has 1 fully saturated rings. The number of imide groups is 1. The average Bonchev–Trinajstić information content (AvgIpc) is 3.02. The first-order valence-corrected chi connectivity index (χ1v) is 10.7. The van der Waals surface area contributed by atoms with E-state index in [1.807, 2.05) is 37.3 Å². The van der Waals surface area contributed by atoms with E-state index in [0.717, 1.165) is 5.56 Å². The van der Waals surface area contributed by atoms with Crippen molar-refractivity contribution in [1.29, 1.82) is 0 Å². The molecule has 0 N–H and O–H groups in total. The first-order chi connectivity index (χ1) is 14.5. The molecule has 1 aliphatic heterocycles. The molecule has 0 unspecified atom stereocenters. The second-order valence-electron chi connectivity index (χ2n) is 8.75. The summed E-state index contributed by atoms with van der Waals surface area (Å²) in [6, 6.07) is 22.0. The van der Waals surface area contributed by atoms with E-state index in [-0.39, 0.29) is 17.7 Å². The van der Waals surface area contributed by atoms with E-state index in [0.29, 0.717) is 10.7 Å². The van der Waals surface area contributed by atoms with Crippen molar-refractivity contribution in [3.05, 3.63) is 99.6 Å². The van der Waals surface area contributed by atoms with Gasteiger partial charge in [-0.2, -0.15) is 0 Å². The van der Waals surface area contributed by atoms with Crippen LogP contribution in [0.2, 0.25) is 5.02 Å². The lowest BCUT2D eigenvalue weighted by Crippen LogP contribution is -2.51. The number of benzene rings is 3. The van der Waals surface area contributed by atoms with E-state index < -0.39 is 17.3 Å². The standard InChI is InChI=1S/C26H20ClNO2/c1-14-19(27)12-7-13-20(14)28-24(29)22-21-15-8-3-5-10-17(15)26(2,23(22)25(28)30)18-11-6-4-9-16(18)21/h3-13,21-23H,1-2H3/t21?,22-,23-,26?/m0/s1. The molecule has 30 heavy (non-hydrogen) atoms. The molecule has 0 radical (unpaired) electrons. The van der Waals surface area contributed by atoms with Gasteiger partial charge in [0.2, 0.25) is 11.8 Å².